The highest BCUT2D eigenvalue weighted by molar-refractivity contribution is 5.57. The number of piperidine rings is 1. The maximum Gasteiger partial charge on any atom is 0.231 e. The van der Waals surface area contributed by atoms with Crippen LogP contribution in [0.3, 0.4) is 0 Å². The smallest absolute Gasteiger partial charge is 0.231 e. The van der Waals surface area contributed by atoms with E-state index in [9.17, 15) is 0 Å². The van der Waals surface area contributed by atoms with Crippen LogP contribution in [0.1, 0.15) is 18.7 Å². The van der Waals surface area contributed by atoms with Crippen LogP contribution < -0.4 is 14.4 Å². The Balaban J connectivity index is 1.35. The molecule has 7 nitrogen and oxygen atoms in total. The van der Waals surface area contributed by atoms with E-state index < -0.39 is 0 Å². The topological polar surface area (TPSA) is 63.9 Å². The van der Waals surface area contributed by atoms with Crippen LogP contribution in [0, 0.1) is 0 Å². The van der Waals surface area contributed by atoms with E-state index in [1.54, 1.807) is 0 Å². The molecule has 1 fully saturated rings. The number of hydrogen-bond acceptors (Lipinski definition) is 7. The van der Waals surface area contributed by atoms with Gasteiger partial charge in [-0.1, -0.05) is 5.16 Å². The summed E-state index contributed by atoms with van der Waals surface area (Å²) >= 11 is 0. The highest BCUT2D eigenvalue weighted by atomic mass is 16.7. The number of aromatic nitrogens is 2. The highest BCUT2D eigenvalue weighted by Crippen LogP contribution is 2.36. The van der Waals surface area contributed by atoms with Crippen molar-refractivity contribution in [1.29, 1.82) is 0 Å². The van der Waals surface area contributed by atoms with Gasteiger partial charge in [-0.05, 0) is 32.0 Å². The molecule has 0 amide bonds. The zero-order valence-corrected chi connectivity index (χ0v) is 13.1. The lowest BCUT2D eigenvalue weighted by Gasteiger charge is -2.37. The average Bonchev–Trinajstić information content (AvgIpc) is 3.25. The lowest BCUT2D eigenvalue weighted by Crippen LogP contribution is -2.43. The molecule has 0 unspecified atom stereocenters. The fourth-order valence-corrected chi connectivity index (χ4v) is 3.26. The Bertz CT molecular complexity index is 653. The van der Waals surface area contributed by atoms with Gasteiger partial charge in [0.1, 0.15) is 0 Å². The summed E-state index contributed by atoms with van der Waals surface area (Å²) in [7, 11) is 2.12. The van der Waals surface area contributed by atoms with Crippen molar-refractivity contribution in [3.63, 3.8) is 0 Å². The highest BCUT2D eigenvalue weighted by Gasteiger charge is 2.24. The van der Waals surface area contributed by atoms with Crippen LogP contribution in [0.15, 0.2) is 29.1 Å². The van der Waals surface area contributed by atoms with Crippen molar-refractivity contribution in [2.45, 2.75) is 25.4 Å². The van der Waals surface area contributed by atoms with Crippen molar-refractivity contribution in [3.05, 3.63) is 30.4 Å². The quantitative estimate of drug-likeness (QED) is 0.853. The van der Waals surface area contributed by atoms with E-state index in [2.05, 4.69) is 39.1 Å². The normalized spacial score (nSPS) is 17.9. The second kappa shape index (κ2) is 6.08. The van der Waals surface area contributed by atoms with E-state index >= 15 is 0 Å². The summed E-state index contributed by atoms with van der Waals surface area (Å²) in [6.07, 6.45) is 3.61. The van der Waals surface area contributed by atoms with Crippen LogP contribution in [0.5, 0.6) is 11.5 Å². The minimum atomic E-state index is 0.321. The van der Waals surface area contributed by atoms with Crippen LogP contribution in [0.2, 0.25) is 0 Å². The van der Waals surface area contributed by atoms with Gasteiger partial charge in [-0.2, -0.15) is 4.98 Å². The molecule has 3 heterocycles. The maximum absolute atomic E-state index is 5.47. The summed E-state index contributed by atoms with van der Waals surface area (Å²) in [5.41, 5.74) is 1.20. The Morgan fingerprint density at radius 3 is 2.83 bits per heavy atom. The monoisotopic (exact) mass is 316 g/mol. The fraction of sp³-hybridized carbons (Fsp3) is 0.500. The molecule has 2 aliphatic rings. The summed E-state index contributed by atoms with van der Waals surface area (Å²) < 4.78 is 15.6. The second-order valence-electron chi connectivity index (χ2n) is 6.02. The first-order chi connectivity index (χ1) is 11.3. The van der Waals surface area contributed by atoms with Crippen molar-refractivity contribution < 1.29 is 14.0 Å². The molecular formula is C16H20N4O3. The van der Waals surface area contributed by atoms with Gasteiger partial charge >= 0.3 is 0 Å². The average molecular weight is 316 g/mol. The van der Waals surface area contributed by atoms with Crippen molar-refractivity contribution in [2.24, 2.45) is 0 Å². The number of benzene rings is 1. The van der Waals surface area contributed by atoms with Gasteiger partial charge in [0.2, 0.25) is 13.2 Å². The molecule has 23 heavy (non-hydrogen) atoms. The Kier molecular flexibility index (Phi) is 3.78. The number of ether oxygens (including phenoxy) is 2. The van der Waals surface area contributed by atoms with Gasteiger partial charge in [0.25, 0.3) is 0 Å². The molecule has 1 aromatic heterocycles. The van der Waals surface area contributed by atoms with Gasteiger partial charge < -0.3 is 18.9 Å². The third-order valence-corrected chi connectivity index (χ3v) is 4.61. The first-order valence-electron chi connectivity index (χ1n) is 7.90. The number of hydrogen-bond donors (Lipinski definition) is 0. The molecule has 0 saturated carbocycles. The standard InChI is InChI=1S/C16H20N4O3/c1-19(9-16-17-10-23-18-16)12-4-6-20(7-5-12)13-2-3-14-15(8-13)22-11-21-14/h2-3,8,10,12H,4-7,9,11H2,1H3. The van der Waals surface area contributed by atoms with Crippen molar-refractivity contribution in [1.82, 2.24) is 15.0 Å². The van der Waals surface area contributed by atoms with E-state index in [1.165, 1.54) is 12.1 Å². The van der Waals surface area contributed by atoms with Gasteiger partial charge in [0.15, 0.2) is 17.3 Å². The molecular weight excluding hydrogens is 296 g/mol. The van der Waals surface area contributed by atoms with E-state index in [-0.39, 0.29) is 0 Å². The van der Waals surface area contributed by atoms with Gasteiger partial charge in [0, 0.05) is 30.9 Å². The van der Waals surface area contributed by atoms with Gasteiger partial charge in [-0.3, -0.25) is 4.90 Å². The van der Waals surface area contributed by atoms with E-state index in [1.807, 2.05) is 6.07 Å². The molecule has 0 radical (unpaired) electrons. The van der Waals surface area contributed by atoms with E-state index in [0.29, 0.717) is 12.8 Å². The number of fused-ring (bicyclic) bond motifs is 1. The predicted octanol–water partition coefficient (Wildman–Crippen LogP) is 1.90. The van der Waals surface area contributed by atoms with Gasteiger partial charge in [-0.25, -0.2) is 0 Å². The van der Waals surface area contributed by atoms with Crippen LogP contribution in [0.25, 0.3) is 0 Å². The SMILES string of the molecule is CN(Cc1ncon1)C1CCN(c2ccc3c(c2)OCO3)CC1. The van der Waals surface area contributed by atoms with Crippen LogP contribution in [-0.2, 0) is 6.54 Å². The molecule has 1 saturated heterocycles. The largest absolute Gasteiger partial charge is 0.454 e. The number of nitrogens with zero attached hydrogens (tertiary/aromatic N) is 4. The molecule has 2 aliphatic heterocycles. The molecule has 122 valence electrons. The summed E-state index contributed by atoms with van der Waals surface area (Å²) in [6, 6.07) is 6.72. The summed E-state index contributed by atoms with van der Waals surface area (Å²) in [5, 5.41) is 3.88. The number of anilines is 1. The van der Waals surface area contributed by atoms with Crippen molar-refractivity contribution in [3.8, 4) is 11.5 Å². The maximum atomic E-state index is 5.47. The Morgan fingerprint density at radius 2 is 2.04 bits per heavy atom. The third-order valence-electron chi connectivity index (χ3n) is 4.61. The summed E-state index contributed by atoms with van der Waals surface area (Å²) in [6.45, 7) is 3.11. The Labute approximate surface area is 134 Å². The third kappa shape index (κ3) is 2.96. The number of rotatable bonds is 4. The van der Waals surface area contributed by atoms with Gasteiger partial charge in [-0.15, -0.1) is 0 Å². The molecule has 0 spiro atoms. The molecule has 0 aliphatic carbocycles. The predicted molar refractivity (Wildman–Crippen MR) is 83.6 cm³/mol. The molecule has 0 bridgehead atoms. The van der Waals surface area contributed by atoms with Crippen molar-refractivity contribution in [2.75, 3.05) is 31.8 Å². The van der Waals surface area contributed by atoms with Crippen LogP contribution >= 0.6 is 0 Å². The van der Waals surface area contributed by atoms with Crippen molar-refractivity contribution >= 4 is 5.69 Å². The molecule has 0 N–H and O–H groups in total. The minimum Gasteiger partial charge on any atom is -0.454 e. The van der Waals surface area contributed by atoms with Gasteiger partial charge in [0.05, 0.1) is 6.54 Å². The summed E-state index contributed by atoms with van der Waals surface area (Å²) in [5.74, 6) is 2.42. The molecule has 4 rings (SSSR count). The molecule has 1 aromatic carbocycles. The van der Waals surface area contributed by atoms with Crippen LogP contribution in [-0.4, -0.2) is 48.0 Å². The Morgan fingerprint density at radius 1 is 1.22 bits per heavy atom. The van der Waals surface area contributed by atoms with E-state index in [0.717, 1.165) is 49.8 Å². The minimum absolute atomic E-state index is 0.321. The first-order valence-corrected chi connectivity index (χ1v) is 7.90. The first kappa shape index (κ1) is 14.3. The fourth-order valence-electron chi connectivity index (χ4n) is 3.26. The summed E-state index contributed by atoms with van der Waals surface area (Å²) in [4.78, 5) is 8.80. The van der Waals surface area contributed by atoms with Crippen LogP contribution in [0.4, 0.5) is 5.69 Å². The zero-order chi connectivity index (χ0) is 15.6. The second-order valence-corrected chi connectivity index (χ2v) is 6.02. The molecule has 0 atom stereocenters. The zero-order valence-electron chi connectivity index (χ0n) is 13.1. The lowest BCUT2D eigenvalue weighted by atomic mass is 10.0. The molecule has 7 heteroatoms. The lowest BCUT2D eigenvalue weighted by molar-refractivity contribution is 0.174. The van der Waals surface area contributed by atoms with E-state index in [4.69, 9.17) is 14.0 Å². The molecule has 2 aromatic rings. The Hall–Kier alpha value is -2.28.